The lowest BCUT2D eigenvalue weighted by atomic mass is 10.3. The van der Waals surface area contributed by atoms with E-state index in [1.165, 1.54) is 0 Å². The summed E-state index contributed by atoms with van der Waals surface area (Å²) in [5, 5.41) is 10.5. The molecular formula is C7H4BrClN4S. The second-order valence-corrected chi connectivity index (χ2v) is 4.06. The number of aromatic nitrogens is 4. The van der Waals surface area contributed by atoms with Gasteiger partial charge in [0.2, 0.25) is 4.77 Å². The summed E-state index contributed by atoms with van der Waals surface area (Å²) in [6.07, 6.45) is 0. The van der Waals surface area contributed by atoms with Gasteiger partial charge in [-0.15, -0.1) is 0 Å². The summed E-state index contributed by atoms with van der Waals surface area (Å²) in [5.74, 6) is 0. The van der Waals surface area contributed by atoms with E-state index in [0.29, 0.717) is 9.79 Å². The Balaban J connectivity index is 2.69. The maximum Gasteiger partial charge on any atom is 0.242 e. The summed E-state index contributed by atoms with van der Waals surface area (Å²) in [6, 6.07) is 5.46. The molecule has 0 aliphatic heterocycles. The molecule has 0 aliphatic rings. The second kappa shape index (κ2) is 3.80. The van der Waals surface area contributed by atoms with Crippen LogP contribution in [-0.4, -0.2) is 20.2 Å². The summed E-state index contributed by atoms with van der Waals surface area (Å²) in [6.45, 7) is 0. The number of aromatic amines is 1. The van der Waals surface area contributed by atoms with E-state index in [1.807, 2.05) is 12.1 Å². The molecular weight excluding hydrogens is 288 g/mol. The Morgan fingerprint density at radius 2 is 2.29 bits per heavy atom. The van der Waals surface area contributed by atoms with Crippen LogP contribution >= 0.6 is 39.7 Å². The SMILES string of the molecule is S=c1nn[nH]n1-c1cccc(Cl)c1Br. The zero-order valence-electron chi connectivity index (χ0n) is 6.74. The van der Waals surface area contributed by atoms with Gasteiger partial charge in [0.15, 0.2) is 0 Å². The maximum atomic E-state index is 5.93. The lowest BCUT2D eigenvalue weighted by Gasteiger charge is -2.04. The standard InChI is InChI=1S/C7H4BrClN4S/c8-6-4(9)2-1-3-5(6)13-7(14)10-11-12-13/h1-3H,(H,10,12,14). The van der Waals surface area contributed by atoms with Crippen molar-refractivity contribution in [3.8, 4) is 5.69 Å². The minimum atomic E-state index is 0.355. The highest BCUT2D eigenvalue weighted by Gasteiger charge is 2.07. The Labute approximate surface area is 98.0 Å². The third kappa shape index (κ3) is 1.60. The molecule has 1 aromatic carbocycles. The second-order valence-electron chi connectivity index (χ2n) is 2.49. The summed E-state index contributed by atoms with van der Waals surface area (Å²) in [4.78, 5) is 0. The van der Waals surface area contributed by atoms with Crippen LogP contribution in [0.4, 0.5) is 0 Å². The van der Waals surface area contributed by atoms with Crippen molar-refractivity contribution in [1.82, 2.24) is 20.2 Å². The zero-order valence-corrected chi connectivity index (χ0v) is 9.90. The lowest BCUT2D eigenvalue weighted by molar-refractivity contribution is 0.783. The van der Waals surface area contributed by atoms with Crippen LogP contribution in [0.5, 0.6) is 0 Å². The van der Waals surface area contributed by atoms with E-state index in [2.05, 4.69) is 31.5 Å². The quantitative estimate of drug-likeness (QED) is 0.822. The predicted molar refractivity (Wildman–Crippen MR) is 59.3 cm³/mol. The number of tetrazole rings is 1. The summed E-state index contributed by atoms with van der Waals surface area (Å²) in [5.41, 5.74) is 0.785. The fourth-order valence-corrected chi connectivity index (χ4v) is 1.81. The van der Waals surface area contributed by atoms with Gasteiger partial charge in [-0.2, -0.15) is 5.21 Å². The third-order valence-electron chi connectivity index (χ3n) is 1.64. The minimum absolute atomic E-state index is 0.355. The number of nitrogens with one attached hydrogen (secondary N) is 1. The monoisotopic (exact) mass is 290 g/mol. The molecule has 1 aromatic heterocycles. The van der Waals surface area contributed by atoms with Crippen molar-refractivity contribution in [2.75, 3.05) is 0 Å². The van der Waals surface area contributed by atoms with Gasteiger partial charge < -0.3 is 0 Å². The number of halogens is 2. The van der Waals surface area contributed by atoms with Crippen LogP contribution in [0, 0.1) is 4.77 Å². The Hall–Kier alpha value is -0.720. The molecule has 0 atom stereocenters. The van der Waals surface area contributed by atoms with E-state index in [0.717, 1.165) is 10.2 Å². The van der Waals surface area contributed by atoms with Crippen LogP contribution in [0.25, 0.3) is 5.69 Å². The first-order chi connectivity index (χ1) is 6.70. The molecule has 72 valence electrons. The third-order valence-corrected chi connectivity index (χ3v) is 3.28. The fourth-order valence-electron chi connectivity index (χ4n) is 1.02. The molecule has 0 spiro atoms. The largest absolute Gasteiger partial charge is 0.242 e. The number of H-pyrrole nitrogens is 1. The molecule has 0 unspecified atom stereocenters. The zero-order chi connectivity index (χ0) is 10.1. The smallest absolute Gasteiger partial charge is 0.208 e. The van der Waals surface area contributed by atoms with Crippen LogP contribution in [0.2, 0.25) is 5.02 Å². The number of nitrogens with zero attached hydrogens (tertiary/aromatic N) is 3. The molecule has 0 fully saturated rings. The minimum Gasteiger partial charge on any atom is -0.208 e. The van der Waals surface area contributed by atoms with Crippen molar-refractivity contribution in [2.45, 2.75) is 0 Å². The molecule has 1 heterocycles. The van der Waals surface area contributed by atoms with Crippen molar-refractivity contribution < 1.29 is 0 Å². The Morgan fingerprint density at radius 1 is 1.50 bits per heavy atom. The summed E-state index contributed by atoms with van der Waals surface area (Å²) >= 11 is 14.3. The highest BCUT2D eigenvalue weighted by Crippen LogP contribution is 2.28. The average Bonchev–Trinajstić information content (AvgIpc) is 2.57. The van der Waals surface area contributed by atoms with Crippen molar-refractivity contribution in [3.63, 3.8) is 0 Å². The number of hydrogen-bond acceptors (Lipinski definition) is 3. The fraction of sp³-hybridized carbons (Fsp3) is 0. The number of rotatable bonds is 1. The van der Waals surface area contributed by atoms with Crippen molar-refractivity contribution >= 4 is 39.7 Å². The van der Waals surface area contributed by atoms with E-state index in [4.69, 9.17) is 23.8 Å². The molecule has 2 rings (SSSR count). The van der Waals surface area contributed by atoms with E-state index in [-0.39, 0.29) is 0 Å². The summed E-state index contributed by atoms with van der Waals surface area (Å²) in [7, 11) is 0. The molecule has 0 amide bonds. The van der Waals surface area contributed by atoms with Gasteiger partial charge in [-0.05, 0) is 40.3 Å². The topological polar surface area (TPSA) is 46.5 Å². The van der Waals surface area contributed by atoms with E-state index >= 15 is 0 Å². The first kappa shape index (κ1) is 9.82. The summed E-state index contributed by atoms with van der Waals surface area (Å²) < 4.78 is 2.67. The molecule has 14 heavy (non-hydrogen) atoms. The molecule has 0 saturated carbocycles. The molecule has 0 saturated heterocycles. The van der Waals surface area contributed by atoms with Crippen LogP contribution in [-0.2, 0) is 0 Å². The lowest BCUT2D eigenvalue weighted by Crippen LogP contribution is -1.97. The van der Waals surface area contributed by atoms with Crippen LogP contribution in [0.15, 0.2) is 22.7 Å². The van der Waals surface area contributed by atoms with E-state index < -0.39 is 0 Å². The molecule has 2 aromatic rings. The molecule has 4 nitrogen and oxygen atoms in total. The van der Waals surface area contributed by atoms with E-state index in [1.54, 1.807) is 10.7 Å². The van der Waals surface area contributed by atoms with E-state index in [9.17, 15) is 0 Å². The average molecular weight is 292 g/mol. The van der Waals surface area contributed by atoms with Gasteiger partial charge in [0, 0.05) is 0 Å². The van der Waals surface area contributed by atoms with Gasteiger partial charge in [-0.25, -0.2) is 4.68 Å². The predicted octanol–water partition coefficient (Wildman–Crippen LogP) is 2.74. The van der Waals surface area contributed by atoms with Gasteiger partial charge >= 0.3 is 0 Å². The van der Waals surface area contributed by atoms with Crippen LogP contribution in [0.1, 0.15) is 0 Å². The van der Waals surface area contributed by atoms with Gasteiger partial charge in [0.25, 0.3) is 0 Å². The molecule has 7 heteroatoms. The van der Waals surface area contributed by atoms with Crippen LogP contribution < -0.4 is 0 Å². The van der Waals surface area contributed by atoms with Crippen molar-refractivity contribution in [1.29, 1.82) is 0 Å². The van der Waals surface area contributed by atoms with Gasteiger partial charge in [-0.3, -0.25) is 0 Å². The first-order valence-electron chi connectivity index (χ1n) is 3.64. The highest BCUT2D eigenvalue weighted by molar-refractivity contribution is 9.10. The molecule has 0 aliphatic carbocycles. The van der Waals surface area contributed by atoms with Gasteiger partial charge in [0.05, 0.1) is 15.2 Å². The van der Waals surface area contributed by atoms with Crippen molar-refractivity contribution in [2.24, 2.45) is 0 Å². The highest BCUT2D eigenvalue weighted by atomic mass is 79.9. The number of hydrogen-bond donors (Lipinski definition) is 1. The normalized spacial score (nSPS) is 10.4. The Kier molecular flexibility index (Phi) is 2.66. The Bertz CT molecular complexity index is 520. The number of benzene rings is 1. The molecule has 0 bridgehead atoms. The maximum absolute atomic E-state index is 5.93. The van der Waals surface area contributed by atoms with Crippen LogP contribution in [0.3, 0.4) is 0 Å². The van der Waals surface area contributed by atoms with Crippen molar-refractivity contribution in [3.05, 3.63) is 32.5 Å². The Morgan fingerprint density at radius 3 is 2.93 bits per heavy atom. The van der Waals surface area contributed by atoms with Gasteiger partial charge in [0.1, 0.15) is 0 Å². The first-order valence-corrected chi connectivity index (χ1v) is 5.22. The van der Waals surface area contributed by atoms with Gasteiger partial charge in [-0.1, -0.05) is 28.0 Å². The molecule has 0 radical (unpaired) electrons. The molecule has 1 N–H and O–H groups in total.